The maximum atomic E-state index is 12.8. The van der Waals surface area contributed by atoms with Crippen molar-refractivity contribution in [1.82, 2.24) is 15.1 Å². The van der Waals surface area contributed by atoms with Crippen molar-refractivity contribution in [2.75, 3.05) is 17.4 Å². The van der Waals surface area contributed by atoms with Crippen LogP contribution in [0.25, 0.3) is 11.5 Å². The van der Waals surface area contributed by atoms with Gasteiger partial charge in [-0.15, -0.1) is 10.2 Å². The van der Waals surface area contributed by atoms with Gasteiger partial charge >= 0.3 is 6.43 Å². The molecule has 2 heterocycles. The predicted octanol–water partition coefficient (Wildman–Crippen LogP) is 7.78. The molecule has 5 rings (SSSR count). The zero-order valence-corrected chi connectivity index (χ0v) is 21.7. The van der Waals surface area contributed by atoms with E-state index in [0.717, 1.165) is 17.3 Å². The van der Waals surface area contributed by atoms with Crippen LogP contribution in [-0.4, -0.2) is 39.5 Å². The van der Waals surface area contributed by atoms with Crippen LogP contribution in [0.5, 0.6) is 0 Å². The molecule has 1 saturated heterocycles. The molecule has 1 aliphatic heterocycles. The molecule has 36 heavy (non-hydrogen) atoms. The lowest BCUT2D eigenvalue weighted by atomic mass is 9.93. The number of piperidine rings is 1. The summed E-state index contributed by atoms with van der Waals surface area (Å²) in [4.78, 5) is 2.72. The summed E-state index contributed by atoms with van der Waals surface area (Å²) in [6.07, 6.45) is 6.45. The van der Waals surface area contributed by atoms with Crippen molar-refractivity contribution in [3.63, 3.8) is 0 Å². The first-order valence-electron chi connectivity index (χ1n) is 12.7. The van der Waals surface area contributed by atoms with Gasteiger partial charge in [0, 0.05) is 27.6 Å². The van der Waals surface area contributed by atoms with E-state index < -0.39 is 12.3 Å². The Balaban J connectivity index is 1.25. The van der Waals surface area contributed by atoms with E-state index in [1.165, 1.54) is 58.0 Å². The average Bonchev–Trinajstić information content (AvgIpc) is 3.41. The van der Waals surface area contributed by atoms with Crippen LogP contribution in [0.15, 0.2) is 52.9 Å². The van der Waals surface area contributed by atoms with Crippen LogP contribution in [0.3, 0.4) is 0 Å². The molecule has 2 fully saturated rings. The van der Waals surface area contributed by atoms with E-state index in [1.54, 1.807) is 0 Å². The highest BCUT2D eigenvalue weighted by molar-refractivity contribution is 8.01. The molecule has 0 bridgehead atoms. The van der Waals surface area contributed by atoms with Crippen molar-refractivity contribution in [3.05, 3.63) is 65.0 Å². The molecule has 192 valence electrons. The zero-order valence-electron chi connectivity index (χ0n) is 20.2. The molecular formula is C27H31ClF2N4OS. The summed E-state index contributed by atoms with van der Waals surface area (Å²) in [6, 6.07) is 16.4. The first-order chi connectivity index (χ1) is 17.5. The Hall–Kier alpha value is -2.16. The fourth-order valence-electron chi connectivity index (χ4n) is 5.15. The van der Waals surface area contributed by atoms with Gasteiger partial charge in [-0.2, -0.15) is 8.78 Å². The van der Waals surface area contributed by atoms with Crippen molar-refractivity contribution in [1.29, 1.82) is 0 Å². The number of alkyl halides is 2. The third-order valence-corrected chi connectivity index (χ3v) is 8.69. The lowest BCUT2D eigenvalue weighted by Crippen LogP contribution is -2.43. The van der Waals surface area contributed by atoms with E-state index in [1.807, 2.05) is 54.4 Å². The van der Waals surface area contributed by atoms with Crippen LogP contribution in [0, 0.1) is 0 Å². The van der Waals surface area contributed by atoms with Gasteiger partial charge in [0.1, 0.15) is 0 Å². The SMILES string of the molecule is FC(F)c1nnc(-c2ccc(CN(SC3CCN(C4CCCCC4)CC3)c3cccc(Cl)c3)cc2)o1. The predicted molar refractivity (Wildman–Crippen MR) is 141 cm³/mol. The fourth-order valence-corrected chi connectivity index (χ4v) is 6.58. The number of benzene rings is 2. The molecule has 5 nitrogen and oxygen atoms in total. The van der Waals surface area contributed by atoms with E-state index in [4.69, 9.17) is 16.0 Å². The molecule has 0 N–H and O–H groups in total. The molecule has 0 amide bonds. The number of anilines is 1. The van der Waals surface area contributed by atoms with Gasteiger partial charge in [0.05, 0.1) is 6.54 Å². The number of hydrogen-bond donors (Lipinski definition) is 0. The highest BCUT2D eigenvalue weighted by Gasteiger charge is 2.28. The molecule has 0 spiro atoms. The molecule has 1 aliphatic carbocycles. The smallest absolute Gasteiger partial charge is 0.314 e. The molecule has 0 radical (unpaired) electrons. The molecule has 1 aromatic heterocycles. The van der Waals surface area contributed by atoms with Crippen molar-refractivity contribution >= 4 is 29.2 Å². The number of aromatic nitrogens is 2. The van der Waals surface area contributed by atoms with Crippen LogP contribution < -0.4 is 4.31 Å². The van der Waals surface area contributed by atoms with E-state index in [-0.39, 0.29) is 5.89 Å². The molecule has 2 aliphatic rings. The van der Waals surface area contributed by atoms with Gasteiger partial charge in [0.2, 0.25) is 5.89 Å². The minimum absolute atomic E-state index is 0.0997. The second-order valence-corrected chi connectivity index (χ2v) is 11.3. The average molecular weight is 533 g/mol. The first kappa shape index (κ1) is 25.5. The molecule has 0 unspecified atom stereocenters. The number of rotatable bonds is 8. The molecule has 0 atom stereocenters. The summed E-state index contributed by atoms with van der Waals surface area (Å²) >= 11 is 8.24. The number of nitrogens with zero attached hydrogens (tertiary/aromatic N) is 4. The second kappa shape index (κ2) is 11.9. The lowest BCUT2D eigenvalue weighted by molar-refractivity contribution is 0.116. The van der Waals surface area contributed by atoms with E-state index in [9.17, 15) is 8.78 Å². The maximum Gasteiger partial charge on any atom is 0.314 e. The Bertz CT molecular complexity index is 1110. The van der Waals surface area contributed by atoms with Crippen LogP contribution in [0.4, 0.5) is 14.5 Å². The van der Waals surface area contributed by atoms with Gasteiger partial charge in [-0.3, -0.25) is 0 Å². The Morgan fingerprint density at radius 2 is 1.75 bits per heavy atom. The van der Waals surface area contributed by atoms with Crippen molar-refractivity contribution in [2.24, 2.45) is 0 Å². The van der Waals surface area contributed by atoms with Crippen LogP contribution in [-0.2, 0) is 6.54 Å². The standard InChI is InChI=1S/C27H31ClF2N4OS/c28-21-5-4-8-23(17-21)34(36-24-13-15-33(16-14-24)22-6-2-1-3-7-22)18-19-9-11-20(12-10-19)26-31-32-27(35-26)25(29)30/h4-5,8-12,17,22,24-25H,1-3,6-7,13-16,18H2. The maximum absolute atomic E-state index is 12.8. The van der Waals surface area contributed by atoms with Crippen LogP contribution in [0.1, 0.15) is 62.8 Å². The van der Waals surface area contributed by atoms with Gasteiger partial charge in [0.15, 0.2) is 0 Å². The van der Waals surface area contributed by atoms with Gasteiger partial charge in [-0.1, -0.05) is 49.1 Å². The molecule has 9 heteroatoms. The Morgan fingerprint density at radius 3 is 2.42 bits per heavy atom. The molecule has 2 aromatic carbocycles. The van der Waals surface area contributed by atoms with E-state index in [2.05, 4.69) is 25.5 Å². The lowest BCUT2D eigenvalue weighted by Gasteiger charge is -2.40. The number of likely N-dealkylation sites (tertiary alicyclic amines) is 1. The summed E-state index contributed by atoms with van der Waals surface area (Å²) in [5.74, 6) is -0.560. The quantitative estimate of drug-likeness (QED) is 0.276. The minimum atomic E-state index is -2.77. The Kier molecular flexibility index (Phi) is 8.44. The fraction of sp³-hybridized carbons (Fsp3) is 0.481. The largest absolute Gasteiger partial charge is 0.415 e. The number of halogens is 3. The van der Waals surface area contributed by atoms with E-state index >= 15 is 0 Å². The summed E-state index contributed by atoms with van der Waals surface area (Å²) in [5, 5.41) is 8.42. The highest BCUT2D eigenvalue weighted by Crippen LogP contribution is 2.35. The molecule has 3 aromatic rings. The highest BCUT2D eigenvalue weighted by atomic mass is 35.5. The van der Waals surface area contributed by atoms with Crippen molar-refractivity contribution in [2.45, 2.75) is 69.2 Å². The van der Waals surface area contributed by atoms with Crippen molar-refractivity contribution < 1.29 is 13.2 Å². The minimum Gasteiger partial charge on any atom is -0.415 e. The van der Waals surface area contributed by atoms with Gasteiger partial charge in [-0.05, 0) is 86.6 Å². The topological polar surface area (TPSA) is 45.4 Å². The summed E-state index contributed by atoms with van der Waals surface area (Å²) < 4.78 is 33.0. The summed E-state index contributed by atoms with van der Waals surface area (Å²) in [6.45, 7) is 3.04. The third kappa shape index (κ3) is 6.39. The Morgan fingerprint density at radius 1 is 1.00 bits per heavy atom. The van der Waals surface area contributed by atoms with Crippen molar-refractivity contribution in [3.8, 4) is 11.5 Å². The van der Waals surface area contributed by atoms with Gasteiger partial charge in [-0.25, -0.2) is 0 Å². The van der Waals surface area contributed by atoms with E-state index in [0.29, 0.717) is 22.4 Å². The summed E-state index contributed by atoms with van der Waals surface area (Å²) in [7, 11) is 0. The van der Waals surface area contributed by atoms with Crippen LogP contribution >= 0.6 is 23.5 Å². The monoisotopic (exact) mass is 532 g/mol. The summed E-state index contributed by atoms with van der Waals surface area (Å²) in [5.41, 5.74) is 2.79. The second-order valence-electron chi connectivity index (χ2n) is 9.59. The zero-order chi connectivity index (χ0) is 24.9. The van der Waals surface area contributed by atoms with Gasteiger partial charge < -0.3 is 13.6 Å². The normalized spacial score (nSPS) is 18.1. The van der Waals surface area contributed by atoms with Crippen LogP contribution in [0.2, 0.25) is 5.02 Å². The molecular weight excluding hydrogens is 502 g/mol. The Labute approximate surface area is 220 Å². The third-order valence-electron chi connectivity index (χ3n) is 7.09. The number of hydrogen-bond acceptors (Lipinski definition) is 6. The van der Waals surface area contributed by atoms with Gasteiger partial charge in [0.25, 0.3) is 5.89 Å². The first-order valence-corrected chi connectivity index (χ1v) is 13.9. The molecule has 1 saturated carbocycles.